The molecule has 1 saturated heterocycles. The van der Waals surface area contributed by atoms with E-state index in [2.05, 4.69) is 41.7 Å². The van der Waals surface area contributed by atoms with Gasteiger partial charge in [-0.05, 0) is 81.5 Å². The molecule has 1 aliphatic heterocycles. The molecule has 0 unspecified atom stereocenters. The van der Waals surface area contributed by atoms with Crippen LogP contribution >= 0.6 is 31.9 Å². The zero-order valence-electron chi connectivity index (χ0n) is 22.4. The van der Waals surface area contributed by atoms with Gasteiger partial charge in [-0.15, -0.1) is 0 Å². The molecular weight excluding hydrogens is 648 g/mol. The molecule has 41 heavy (non-hydrogen) atoms. The first kappa shape index (κ1) is 26.6. The topological polar surface area (TPSA) is 86.1 Å². The summed E-state index contributed by atoms with van der Waals surface area (Å²) in [6.07, 6.45) is 15.0. The number of nitrogens with zero attached hydrogens (tertiary/aromatic N) is 2. The van der Waals surface area contributed by atoms with Gasteiger partial charge in [0.25, 0.3) is 0 Å². The Morgan fingerprint density at radius 1 is 0.902 bits per heavy atom. The Bertz CT molecular complexity index is 1960. The third-order valence-corrected chi connectivity index (χ3v) is 10.1. The molecule has 8 heteroatoms. The molecule has 3 aromatic carbocycles. The van der Waals surface area contributed by atoms with Crippen molar-refractivity contribution in [2.75, 3.05) is 31.2 Å². The normalized spacial score (nSPS) is 19.9. The van der Waals surface area contributed by atoms with Crippen LogP contribution in [0, 0.1) is 0 Å². The molecule has 1 aromatic heterocycles. The number of phenols is 3. The Balaban J connectivity index is 1.42. The first-order chi connectivity index (χ1) is 19.8. The minimum absolute atomic E-state index is 0.127. The van der Waals surface area contributed by atoms with Gasteiger partial charge in [-0.25, -0.2) is 0 Å². The van der Waals surface area contributed by atoms with E-state index in [0.29, 0.717) is 46.2 Å². The quantitative estimate of drug-likeness (QED) is 0.185. The summed E-state index contributed by atoms with van der Waals surface area (Å²) in [7, 11) is 0. The molecule has 1 atom stereocenters. The molecule has 4 aromatic rings. The summed E-state index contributed by atoms with van der Waals surface area (Å²) >= 11 is 7.54. The first-order valence-corrected chi connectivity index (χ1v) is 15.3. The fourth-order valence-corrected chi connectivity index (χ4v) is 7.94. The fourth-order valence-electron chi connectivity index (χ4n) is 6.62. The lowest BCUT2D eigenvalue weighted by Gasteiger charge is -2.30. The maximum absolute atomic E-state index is 11.7. The van der Waals surface area contributed by atoms with Gasteiger partial charge in [-0.2, -0.15) is 0 Å². The zero-order chi connectivity index (χ0) is 28.5. The van der Waals surface area contributed by atoms with Gasteiger partial charge in [0.15, 0.2) is 0 Å². The smallest absolute Gasteiger partial charge is 0.131 e. The fraction of sp³-hybridized carbons (Fsp3) is 0.242. The molecule has 208 valence electrons. The van der Waals surface area contributed by atoms with E-state index in [1.165, 1.54) is 0 Å². The number of rotatable bonds is 3. The van der Waals surface area contributed by atoms with Crippen LogP contribution in [0.4, 0.5) is 5.69 Å². The van der Waals surface area contributed by atoms with Crippen LogP contribution in [-0.4, -0.2) is 46.6 Å². The summed E-state index contributed by atoms with van der Waals surface area (Å²) < 4.78 is 7.31. The largest absolute Gasteiger partial charge is 0.507 e. The van der Waals surface area contributed by atoms with Gasteiger partial charge in [0.05, 0.1) is 24.6 Å². The number of benzene rings is 3. The molecule has 3 aliphatic rings. The number of ether oxygens (including phenoxy) is 1. The van der Waals surface area contributed by atoms with Crippen molar-refractivity contribution in [1.29, 1.82) is 0 Å². The minimum atomic E-state index is -0.667. The van der Waals surface area contributed by atoms with Gasteiger partial charge in [0, 0.05) is 71.2 Å². The Morgan fingerprint density at radius 3 is 2.32 bits per heavy atom. The standard InChI is InChI=1S/C33H28Br2N2O4/c1-2-3-4-5-18-12-20-25(17-36-18)32(40)28-19(29(20)35)6-7-33(28)15-23-24(16-33)31(39)22-14-27(37-8-10-41-11-9-37)26(34)13-21(22)30(23)38/h2-5,12-17,38-40H,6-11H2,1H3/b3-2+,5-4+/t33-/m1/s1. The van der Waals surface area contributed by atoms with Crippen LogP contribution in [0.1, 0.15) is 30.2 Å². The predicted molar refractivity (Wildman–Crippen MR) is 171 cm³/mol. The van der Waals surface area contributed by atoms with Crippen LogP contribution in [0.3, 0.4) is 0 Å². The highest BCUT2D eigenvalue weighted by atomic mass is 79.9. The van der Waals surface area contributed by atoms with E-state index < -0.39 is 5.41 Å². The number of phenolic OH excluding ortho intramolecular Hbond substituents is 3. The van der Waals surface area contributed by atoms with E-state index in [1.807, 2.05) is 61.6 Å². The molecular formula is C33H28Br2N2O4. The molecule has 0 radical (unpaired) electrons. The summed E-state index contributed by atoms with van der Waals surface area (Å²) in [5, 5.41) is 38.7. The van der Waals surface area contributed by atoms with E-state index in [-0.39, 0.29) is 17.2 Å². The summed E-state index contributed by atoms with van der Waals surface area (Å²) in [6.45, 7) is 4.77. The van der Waals surface area contributed by atoms with Crippen LogP contribution < -0.4 is 15.3 Å². The van der Waals surface area contributed by atoms with Crippen molar-refractivity contribution >= 4 is 77.3 Å². The number of anilines is 1. The van der Waals surface area contributed by atoms with Crippen molar-refractivity contribution in [2.24, 2.45) is 0 Å². The Kier molecular flexibility index (Phi) is 6.41. The van der Waals surface area contributed by atoms with Gasteiger partial charge < -0.3 is 25.0 Å². The lowest BCUT2D eigenvalue weighted by atomic mass is 9.81. The molecule has 6 nitrogen and oxygen atoms in total. The second kappa shape index (κ2) is 9.89. The van der Waals surface area contributed by atoms with E-state index in [9.17, 15) is 15.3 Å². The zero-order valence-corrected chi connectivity index (χ0v) is 25.6. The number of fused-ring (bicyclic) bond motifs is 5. The van der Waals surface area contributed by atoms with Crippen LogP contribution in [-0.2, 0) is 16.6 Å². The summed E-state index contributed by atoms with van der Waals surface area (Å²) in [5.74, 6) is 0.450. The van der Waals surface area contributed by atoms with Crippen molar-refractivity contribution in [1.82, 2.24) is 4.98 Å². The SMILES string of the molecule is C/C=C/C=C/c1cc2c(Br)c3c(c(O)c2cn1)[C@@]1(C=c2c(O)c4cc(Br)c(N5CCOCC5)cc4c(O)c2=C1)CC3. The molecule has 0 saturated carbocycles. The van der Waals surface area contributed by atoms with Crippen molar-refractivity contribution in [2.45, 2.75) is 25.2 Å². The molecule has 1 fully saturated rings. The van der Waals surface area contributed by atoms with E-state index in [0.717, 1.165) is 56.4 Å². The predicted octanol–water partition coefficient (Wildman–Crippen LogP) is 5.91. The number of halogens is 2. The second-order valence-electron chi connectivity index (χ2n) is 10.9. The highest BCUT2D eigenvalue weighted by molar-refractivity contribution is 9.11. The Hall–Kier alpha value is -3.33. The highest BCUT2D eigenvalue weighted by Gasteiger charge is 2.42. The maximum Gasteiger partial charge on any atom is 0.131 e. The molecule has 1 spiro atoms. The Labute approximate surface area is 253 Å². The number of hydrogen-bond donors (Lipinski definition) is 3. The molecule has 2 heterocycles. The van der Waals surface area contributed by atoms with Gasteiger partial charge in [0.2, 0.25) is 0 Å². The molecule has 2 aliphatic carbocycles. The maximum atomic E-state index is 11.7. The second-order valence-corrected chi connectivity index (χ2v) is 12.5. The van der Waals surface area contributed by atoms with Gasteiger partial charge in [-0.1, -0.05) is 30.4 Å². The third-order valence-electron chi connectivity index (χ3n) is 8.60. The Morgan fingerprint density at radius 2 is 1.61 bits per heavy atom. The average Bonchev–Trinajstić information content (AvgIpc) is 3.56. The van der Waals surface area contributed by atoms with Crippen molar-refractivity contribution in [3.63, 3.8) is 0 Å². The van der Waals surface area contributed by atoms with Crippen molar-refractivity contribution in [3.05, 3.63) is 78.8 Å². The van der Waals surface area contributed by atoms with Gasteiger partial charge in [0.1, 0.15) is 17.2 Å². The molecule has 7 rings (SSSR count). The number of hydrogen-bond acceptors (Lipinski definition) is 6. The molecule has 0 amide bonds. The van der Waals surface area contributed by atoms with E-state index in [1.54, 1.807) is 6.20 Å². The number of aromatic hydroxyl groups is 3. The van der Waals surface area contributed by atoms with Crippen molar-refractivity contribution in [3.8, 4) is 17.2 Å². The van der Waals surface area contributed by atoms with Crippen LogP contribution in [0.5, 0.6) is 17.2 Å². The average molecular weight is 676 g/mol. The molecule has 3 N–H and O–H groups in total. The number of aromatic nitrogens is 1. The lowest BCUT2D eigenvalue weighted by molar-refractivity contribution is 0.122. The lowest BCUT2D eigenvalue weighted by Crippen LogP contribution is -2.36. The summed E-state index contributed by atoms with van der Waals surface area (Å²) in [5.41, 5.74) is 2.92. The van der Waals surface area contributed by atoms with Crippen molar-refractivity contribution < 1.29 is 20.1 Å². The van der Waals surface area contributed by atoms with E-state index in [4.69, 9.17) is 4.74 Å². The van der Waals surface area contributed by atoms with Gasteiger partial charge >= 0.3 is 0 Å². The summed E-state index contributed by atoms with van der Waals surface area (Å²) in [4.78, 5) is 6.78. The highest BCUT2D eigenvalue weighted by Crippen LogP contribution is 2.53. The summed E-state index contributed by atoms with van der Waals surface area (Å²) in [6, 6.07) is 5.80. The minimum Gasteiger partial charge on any atom is -0.507 e. The third kappa shape index (κ3) is 4.02. The van der Waals surface area contributed by atoms with Crippen LogP contribution in [0.15, 0.2) is 51.6 Å². The van der Waals surface area contributed by atoms with Crippen LogP contribution in [0.25, 0.3) is 39.8 Å². The monoisotopic (exact) mass is 674 g/mol. The number of pyridine rings is 1. The first-order valence-electron chi connectivity index (χ1n) is 13.7. The van der Waals surface area contributed by atoms with Gasteiger partial charge in [-0.3, -0.25) is 4.98 Å². The molecule has 0 bridgehead atoms. The number of morpholine rings is 1. The van der Waals surface area contributed by atoms with Crippen LogP contribution in [0.2, 0.25) is 0 Å². The number of allylic oxidation sites excluding steroid dienone is 3. The van der Waals surface area contributed by atoms with E-state index >= 15 is 0 Å².